The molecule has 0 saturated heterocycles. The first-order valence-corrected chi connectivity index (χ1v) is 6.64. The number of fused-ring (bicyclic) bond motifs is 1. The Balaban J connectivity index is 0.000000196. The van der Waals surface area contributed by atoms with Gasteiger partial charge in [0.15, 0.2) is 0 Å². The number of carboxylic acids is 1. The smallest absolute Gasteiger partial charge is 0.337 e. The van der Waals surface area contributed by atoms with Crippen LogP contribution in [0.2, 0.25) is 0 Å². The third kappa shape index (κ3) is 2.60. The summed E-state index contributed by atoms with van der Waals surface area (Å²) in [5.41, 5.74) is 3.91. The largest absolute Gasteiger partial charge is 0.478 e. The lowest BCUT2D eigenvalue weighted by molar-refractivity contribution is 0.0696. The van der Waals surface area contributed by atoms with E-state index in [2.05, 4.69) is 35.3 Å². The first-order chi connectivity index (χ1) is 10.7. The second-order valence-electron chi connectivity index (χ2n) is 4.68. The molecule has 2 aromatic rings. The summed E-state index contributed by atoms with van der Waals surface area (Å²) < 4.78 is 1.46. The van der Waals surface area contributed by atoms with Crippen molar-refractivity contribution in [1.29, 1.82) is 0 Å². The number of hydrogen-bond acceptors (Lipinski definition) is 2. The van der Waals surface area contributed by atoms with E-state index in [9.17, 15) is 4.79 Å². The number of para-hydroxylation sites is 1. The second kappa shape index (κ2) is 5.58. The topological polar surface area (TPSA) is 55.1 Å². The van der Waals surface area contributed by atoms with Gasteiger partial charge in [-0.25, -0.2) is 9.48 Å². The fourth-order valence-electron chi connectivity index (χ4n) is 2.16. The summed E-state index contributed by atoms with van der Waals surface area (Å²) in [5, 5.41) is 13.1. The molecule has 2 aliphatic carbocycles. The SMILES string of the molecule is C#Cc1cccc(C(=O)O)c1-n1cccn1.c1cc2cc-2c1. The van der Waals surface area contributed by atoms with Crippen LogP contribution in [0.3, 0.4) is 0 Å². The Morgan fingerprint density at radius 1 is 1.14 bits per heavy atom. The number of aromatic carboxylic acids is 1. The van der Waals surface area contributed by atoms with E-state index in [1.165, 1.54) is 21.9 Å². The van der Waals surface area contributed by atoms with Gasteiger partial charge in [-0.15, -0.1) is 6.42 Å². The van der Waals surface area contributed by atoms with Crippen LogP contribution in [0.1, 0.15) is 15.9 Å². The Morgan fingerprint density at radius 2 is 1.86 bits per heavy atom. The molecule has 0 atom stereocenters. The first-order valence-electron chi connectivity index (χ1n) is 6.64. The third-order valence-electron chi connectivity index (χ3n) is 3.27. The molecule has 4 nitrogen and oxygen atoms in total. The molecule has 0 unspecified atom stereocenters. The number of rotatable bonds is 2. The van der Waals surface area contributed by atoms with E-state index >= 15 is 0 Å². The van der Waals surface area contributed by atoms with Crippen molar-refractivity contribution < 1.29 is 9.90 Å². The molecule has 1 heterocycles. The zero-order valence-corrected chi connectivity index (χ0v) is 11.6. The Kier molecular flexibility index (Phi) is 3.47. The molecule has 0 aliphatic heterocycles. The number of hydrogen-bond donors (Lipinski definition) is 1. The minimum atomic E-state index is -1.03. The van der Waals surface area contributed by atoms with Crippen LogP contribution in [-0.2, 0) is 0 Å². The van der Waals surface area contributed by atoms with Crippen molar-refractivity contribution in [3.63, 3.8) is 0 Å². The maximum absolute atomic E-state index is 11.1. The normalized spacial score (nSPS) is 10.1. The summed E-state index contributed by atoms with van der Waals surface area (Å²) in [5.74, 6) is 1.43. The van der Waals surface area contributed by atoms with E-state index in [1.807, 2.05) is 0 Å². The first kappa shape index (κ1) is 13.7. The number of terminal acetylenes is 1. The zero-order valence-electron chi connectivity index (χ0n) is 11.6. The number of aromatic nitrogens is 2. The lowest BCUT2D eigenvalue weighted by Gasteiger charge is -2.08. The predicted octanol–water partition coefficient (Wildman–Crippen LogP) is 3.22. The third-order valence-corrected chi connectivity index (χ3v) is 3.27. The van der Waals surface area contributed by atoms with E-state index in [1.54, 1.807) is 30.6 Å². The summed E-state index contributed by atoms with van der Waals surface area (Å²) in [6, 6.07) is 15.0. The van der Waals surface area contributed by atoms with Crippen LogP contribution in [0.4, 0.5) is 0 Å². The zero-order chi connectivity index (χ0) is 15.5. The summed E-state index contributed by atoms with van der Waals surface area (Å²) in [6.07, 6.45) is 8.57. The van der Waals surface area contributed by atoms with Gasteiger partial charge in [-0.3, -0.25) is 0 Å². The molecular formula is C18H12N2O2. The monoisotopic (exact) mass is 288 g/mol. The van der Waals surface area contributed by atoms with Gasteiger partial charge in [0, 0.05) is 12.4 Å². The second-order valence-corrected chi connectivity index (χ2v) is 4.68. The lowest BCUT2D eigenvalue weighted by Crippen LogP contribution is -2.07. The molecule has 2 aliphatic rings. The van der Waals surface area contributed by atoms with Crippen molar-refractivity contribution in [2.24, 2.45) is 0 Å². The molecule has 0 fully saturated rings. The van der Waals surface area contributed by atoms with Crippen molar-refractivity contribution in [3.8, 4) is 29.2 Å². The van der Waals surface area contributed by atoms with Gasteiger partial charge in [-0.1, -0.05) is 30.2 Å². The standard InChI is InChI=1S/C12H8N2O2.C6H4/c1-2-9-5-3-6-10(12(15)16)11(9)14-8-4-7-13-14;1-2-5-4-6(5)3-1/h1,3-8H,(H,15,16);1-4H. The number of carboxylic acid groups (broad SMARTS) is 1. The van der Waals surface area contributed by atoms with Gasteiger partial charge < -0.3 is 5.11 Å². The molecule has 22 heavy (non-hydrogen) atoms. The minimum Gasteiger partial charge on any atom is -0.478 e. The van der Waals surface area contributed by atoms with Crippen LogP contribution >= 0.6 is 0 Å². The molecule has 0 bridgehead atoms. The summed E-state index contributed by atoms with van der Waals surface area (Å²) in [7, 11) is 0. The minimum absolute atomic E-state index is 0.138. The van der Waals surface area contributed by atoms with Crippen LogP contribution in [0.5, 0.6) is 0 Å². The van der Waals surface area contributed by atoms with Gasteiger partial charge in [-0.2, -0.15) is 5.10 Å². The highest BCUT2D eigenvalue weighted by Crippen LogP contribution is 2.32. The van der Waals surface area contributed by atoms with Crippen molar-refractivity contribution in [2.45, 2.75) is 0 Å². The fraction of sp³-hybridized carbons (Fsp3) is 0. The average molecular weight is 288 g/mol. The summed E-state index contributed by atoms with van der Waals surface area (Å²) >= 11 is 0. The van der Waals surface area contributed by atoms with Crippen LogP contribution in [0, 0.1) is 12.3 Å². The van der Waals surface area contributed by atoms with Crippen LogP contribution in [0.15, 0.2) is 60.9 Å². The molecule has 1 aromatic heterocycles. The van der Waals surface area contributed by atoms with E-state index in [-0.39, 0.29) is 5.56 Å². The average Bonchev–Trinajstić information content (AvgIpc) is 2.97. The number of benzene rings is 2. The maximum atomic E-state index is 11.1. The van der Waals surface area contributed by atoms with Gasteiger partial charge in [0.05, 0.1) is 16.8 Å². The molecule has 106 valence electrons. The van der Waals surface area contributed by atoms with Gasteiger partial charge in [0.1, 0.15) is 0 Å². The van der Waals surface area contributed by atoms with Crippen molar-refractivity contribution in [1.82, 2.24) is 9.78 Å². The van der Waals surface area contributed by atoms with E-state index < -0.39 is 5.97 Å². The quantitative estimate of drug-likeness (QED) is 0.576. The number of nitrogens with zero attached hydrogens (tertiary/aromatic N) is 2. The molecule has 0 saturated carbocycles. The Labute approximate surface area is 127 Å². The van der Waals surface area contributed by atoms with Gasteiger partial charge in [0.25, 0.3) is 0 Å². The molecule has 0 amide bonds. The van der Waals surface area contributed by atoms with Crippen molar-refractivity contribution in [2.75, 3.05) is 0 Å². The Morgan fingerprint density at radius 3 is 2.32 bits per heavy atom. The van der Waals surface area contributed by atoms with E-state index in [0.717, 1.165) is 0 Å². The van der Waals surface area contributed by atoms with Gasteiger partial charge in [0.2, 0.25) is 0 Å². The predicted molar refractivity (Wildman–Crippen MR) is 83.9 cm³/mol. The fourth-order valence-corrected chi connectivity index (χ4v) is 2.16. The molecule has 4 heteroatoms. The van der Waals surface area contributed by atoms with Gasteiger partial charge in [-0.05, 0) is 35.4 Å². The number of carbonyl (C=O) groups is 1. The van der Waals surface area contributed by atoms with E-state index in [4.69, 9.17) is 11.5 Å². The highest BCUT2D eigenvalue weighted by Gasteiger charge is 2.14. The van der Waals surface area contributed by atoms with Crippen LogP contribution in [0.25, 0.3) is 16.8 Å². The van der Waals surface area contributed by atoms with Crippen molar-refractivity contribution in [3.05, 3.63) is 72.1 Å². The van der Waals surface area contributed by atoms with Crippen molar-refractivity contribution >= 4 is 5.97 Å². The highest BCUT2D eigenvalue weighted by molar-refractivity contribution is 5.93. The van der Waals surface area contributed by atoms with E-state index in [0.29, 0.717) is 11.3 Å². The Bertz CT molecular complexity index is 857. The van der Waals surface area contributed by atoms with Crippen LogP contribution in [-0.4, -0.2) is 20.9 Å². The Hall–Kier alpha value is -3.32. The molecular weight excluding hydrogens is 276 g/mol. The lowest BCUT2D eigenvalue weighted by atomic mass is 10.1. The summed E-state index contributed by atoms with van der Waals surface area (Å²) in [4.78, 5) is 11.1. The molecule has 1 aromatic carbocycles. The molecule has 1 N–H and O–H groups in total. The van der Waals surface area contributed by atoms with Crippen LogP contribution < -0.4 is 0 Å². The molecule has 4 rings (SSSR count). The molecule has 0 radical (unpaired) electrons. The summed E-state index contributed by atoms with van der Waals surface area (Å²) in [6.45, 7) is 0. The van der Waals surface area contributed by atoms with Gasteiger partial charge >= 0.3 is 5.97 Å². The maximum Gasteiger partial charge on any atom is 0.337 e. The molecule has 0 spiro atoms. The highest BCUT2D eigenvalue weighted by atomic mass is 16.4.